The number of nitrogens with zero attached hydrogens (tertiary/aromatic N) is 3. The van der Waals surface area contributed by atoms with Crippen molar-refractivity contribution in [3.63, 3.8) is 0 Å². The second-order valence-corrected chi connectivity index (χ2v) is 12.2. The Morgan fingerprint density at radius 2 is 1.85 bits per heavy atom. The molecule has 4 aromatic rings. The summed E-state index contributed by atoms with van der Waals surface area (Å²) < 4.78 is 2.94. The predicted molar refractivity (Wildman–Crippen MR) is 158 cm³/mol. The lowest BCUT2D eigenvalue weighted by atomic mass is 9.81. The number of nitrogens with one attached hydrogen (secondary N) is 2. The Kier molecular flexibility index (Phi) is 7.00. The maximum Gasteiger partial charge on any atom is 0.335 e. The van der Waals surface area contributed by atoms with E-state index in [1.807, 2.05) is 18.2 Å². The van der Waals surface area contributed by atoms with E-state index in [-0.39, 0.29) is 22.9 Å². The van der Waals surface area contributed by atoms with Crippen LogP contribution in [0.5, 0.6) is 5.88 Å². The highest BCUT2D eigenvalue weighted by Crippen LogP contribution is 2.34. The number of aromatic amines is 1. The van der Waals surface area contributed by atoms with Gasteiger partial charge in [0.25, 0.3) is 5.91 Å². The lowest BCUT2D eigenvalue weighted by molar-refractivity contribution is 0.0928. The summed E-state index contributed by atoms with van der Waals surface area (Å²) >= 11 is 6.17. The molecule has 9 heteroatoms. The first-order valence-corrected chi connectivity index (χ1v) is 14.6. The molecule has 8 nitrogen and oxygen atoms in total. The minimum atomic E-state index is -0.484. The van der Waals surface area contributed by atoms with Crippen LogP contribution in [0, 0.1) is 0 Å². The summed E-state index contributed by atoms with van der Waals surface area (Å²) in [5.41, 5.74) is 3.22. The molecular weight excluding hydrogens is 526 g/mol. The van der Waals surface area contributed by atoms with Crippen molar-refractivity contribution in [2.24, 2.45) is 0 Å². The van der Waals surface area contributed by atoms with E-state index >= 15 is 0 Å². The maximum absolute atomic E-state index is 13.4. The number of aromatic hydroxyl groups is 1. The van der Waals surface area contributed by atoms with Crippen LogP contribution in [0.25, 0.3) is 16.6 Å². The molecule has 0 spiro atoms. The van der Waals surface area contributed by atoms with E-state index in [9.17, 15) is 14.7 Å². The van der Waals surface area contributed by atoms with Gasteiger partial charge in [0.1, 0.15) is 5.69 Å². The van der Waals surface area contributed by atoms with Crippen molar-refractivity contribution in [1.29, 1.82) is 0 Å². The number of aromatic nitrogens is 3. The van der Waals surface area contributed by atoms with Gasteiger partial charge in [-0.2, -0.15) is 0 Å². The molecule has 4 heterocycles. The van der Waals surface area contributed by atoms with Crippen LogP contribution in [0.2, 0.25) is 5.02 Å². The fourth-order valence-corrected chi connectivity index (χ4v) is 6.42. The normalized spacial score (nSPS) is 17.8. The maximum atomic E-state index is 13.4. The average Bonchev–Trinajstić information content (AvgIpc) is 3.67. The molecule has 2 aliphatic heterocycles. The second-order valence-electron chi connectivity index (χ2n) is 11.8. The third-order valence-corrected chi connectivity index (χ3v) is 9.03. The summed E-state index contributed by atoms with van der Waals surface area (Å²) in [7, 11) is 0. The number of halogens is 1. The summed E-state index contributed by atoms with van der Waals surface area (Å²) in [5, 5.41) is 15.8. The standard InChI is InChI=1S/C31H36ClN5O3/c1-31(2,13-17-35-14-3-4-15-35)21-8-10-22(11-9-21)37-29(39)27-25(6-5-16-36(27)30(37)40)34-28(38)20-7-12-23-24(32)19-33-26(23)18-20/h7-12,18-19,25,33,39H,3-6,13-17H2,1-2H3,(H,34,38)/t25-/m1/s1. The Morgan fingerprint density at radius 1 is 1.10 bits per heavy atom. The van der Waals surface area contributed by atoms with Crippen molar-refractivity contribution in [2.45, 2.75) is 64.0 Å². The first kappa shape index (κ1) is 26.7. The van der Waals surface area contributed by atoms with Crippen molar-refractivity contribution in [1.82, 2.24) is 24.3 Å². The Balaban J connectivity index is 1.23. The Bertz CT molecular complexity index is 1610. The van der Waals surface area contributed by atoms with Gasteiger partial charge >= 0.3 is 5.69 Å². The van der Waals surface area contributed by atoms with E-state index in [0.29, 0.717) is 34.9 Å². The molecule has 0 unspecified atom stereocenters. The Morgan fingerprint density at radius 3 is 2.60 bits per heavy atom. The zero-order chi connectivity index (χ0) is 28.0. The largest absolute Gasteiger partial charge is 0.493 e. The first-order chi connectivity index (χ1) is 19.2. The number of H-pyrrole nitrogens is 1. The van der Waals surface area contributed by atoms with Gasteiger partial charge in [-0.05, 0) is 87.0 Å². The van der Waals surface area contributed by atoms with Gasteiger partial charge in [-0.3, -0.25) is 9.36 Å². The minimum absolute atomic E-state index is 0.00200. The van der Waals surface area contributed by atoms with Gasteiger partial charge in [0.05, 0.1) is 16.8 Å². The molecule has 40 heavy (non-hydrogen) atoms. The van der Waals surface area contributed by atoms with Crippen molar-refractivity contribution >= 4 is 28.4 Å². The number of carbonyl (C=O) groups excluding carboxylic acids is 1. The number of rotatable bonds is 7. The monoisotopic (exact) mass is 561 g/mol. The fraction of sp³-hybridized carbons (Fsp3) is 0.419. The highest BCUT2D eigenvalue weighted by molar-refractivity contribution is 6.35. The zero-order valence-corrected chi connectivity index (χ0v) is 23.8. The molecule has 0 radical (unpaired) electrons. The molecule has 2 aliphatic rings. The summed E-state index contributed by atoms with van der Waals surface area (Å²) in [5.74, 6) is -0.395. The van der Waals surface area contributed by atoms with E-state index in [0.717, 1.165) is 30.3 Å². The molecule has 1 atom stereocenters. The molecule has 1 amide bonds. The van der Waals surface area contributed by atoms with Gasteiger partial charge < -0.3 is 20.3 Å². The highest BCUT2D eigenvalue weighted by atomic mass is 35.5. The third kappa shape index (κ3) is 4.84. The topological polar surface area (TPSA) is 95.3 Å². The summed E-state index contributed by atoms with van der Waals surface area (Å²) in [6.45, 7) is 8.47. The van der Waals surface area contributed by atoms with E-state index in [4.69, 9.17) is 11.6 Å². The lowest BCUT2D eigenvalue weighted by Gasteiger charge is -2.28. The van der Waals surface area contributed by atoms with Crippen molar-refractivity contribution < 1.29 is 9.90 Å². The molecule has 0 saturated carbocycles. The number of carbonyl (C=O) groups is 1. The number of likely N-dealkylation sites (tertiary alicyclic amines) is 1. The Labute approximate surface area is 238 Å². The van der Waals surface area contributed by atoms with Crippen molar-refractivity contribution in [3.8, 4) is 11.6 Å². The van der Waals surface area contributed by atoms with Gasteiger partial charge in [0.15, 0.2) is 0 Å². The molecule has 1 saturated heterocycles. The van der Waals surface area contributed by atoms with Crippen molar-refractivity contribution in [2.75, 3.05) is 19.6 Å². The number of amides is 1. The third-order valence-electron chi connectivity index (χ3n) is 8.72. The summed E-state index contributed by atoms with van der Waals surface area (Å²) in [4.78, 5) is 32.2. The van der Waals surface area contributed by atoms with Crippen LogP contribution in [0.4, 0.5) is 0 Å². The number of benzene rings is 2. The number of imidazole rings is 1. The Hall–Kier alpha value is -3.49. The molecule has 0 aliphatic carbocycles. The molecular formula is C31H36ClN5O3. The quantitative estimate of drug-likeness (QED) is 0.277. The van der Waals surface area contributed by atoms with Crippen LogP contribution in [-0.4, -0.2) is 49.7 Å². The van der Waals surface area contributed by atoms with Gasteiger partial charge in [0, 0.05) is 29.2 Å². The van der Waals surface area contributed by atoms with Crippen LogP contribution < -0.4 is 11.0 Å². The molecule has 2 aromatic carbocycles. The van der Waals surface area contributed by atoms with E-state index in [1.54, 1.807) is 22.9 Å². The molecule has 3 N–H and O–H groups in total. The van der Waals surface area contributed by atoms with E-state index in [2.05, 4.69) is 41.2 Å². The highest BCUT2D eigenvalue weighted by Gasteiger charge is 2.32. The summed E-state index contributed by atoms with van der Waals surface area (Å²) in [6.07, 6.45) is 6.68. The van der Waals surface area contributed by atoms with E-state index in [1.165, 1.54) is 36.1 Å². The summed E-state index contributed by atoms with van der Waals surface area (Å²) in [6, 6.07) is 12.7. The SMILES string of the molecule is CC(C)(CCN1CCCC1)c1ccc(-n2c(O)c3n(c2=O)CCC[C@H]3NC(=O)c2ccc3c(Cl)c[nH]c3c2)cc1. The number of hydrogen-bond acceptors (Lipinski definition) is 4. The van der Waals surface area contributed by atoms with Crippen LogP contribution in [0.15, 0.2) is 53.5 Å². The minimum Gasteiger partial charge on any atom is -0.493 e. The molecule has 1 fully saturated rings. The van der Waals surface area contributed by atoms with Gasteiger partial charge in [-0.25, -0.2) is 9.36 Å². The molecule has 210 valence electrons. The number of fused-ring (bicyclic) bond motifs is 2. The molecule has 2 aromatic heterocycles. The zero-order valence-electron chi connectivity index (χ0n) is 23.0. The molecule has 6 rings (SSSR count). The van der Waals surface area contributed by atoms with Crippen LogP contribution in [0.1, 0.15) is 73.6 Å². The lowest BCUT2D eigenvalue weighted by Crippen LogP contribution is -2.35. The van der Waals surface area contributed by atoms with Gasteiger partial charge in [-0.15, -0.1) is 0 Å². The van der Waals surface area contributed by atoms with Gasteiger partial charge in [0.2, 0.25) is 5.88 Å². The van der Waals surface area contributed by atoms with Crippen molar-refractivity contribution in [3.05, 3.63) is 81.0 Å². The van der Waals surface area contributed by atoms with Gasteiger partial charge in [-0.1, -0.05) is 43.6 Å². The number of hydrogen-bond donors (Lipinski definition) is 3. The predicted octanol–water partition coefficient (Wildman–Crippen LogP) is 5.51. The molecule has 0 bridgehead atoms. The average molecular weight is 562 g/mol. The first-order valence-electron chi connectivity index (χ1n) is 14.2. The van der Waals surface area contributed by atoms with Crippen LogP contribution in [0.3, 0.4) is 0 Å². The second kappa shape index (κ2) is 10.5. The van der Waals surface area contributed by atoms with Crippen LogP contribution in [-0.2, 0) is 12.0 Å². The van der Waals surface area contributed by atoms with E-state index < -0.39 is 6.04 Å². The fourth-order valence-electron chi connectivity index (χ4n) is 6.20. The van der Waals surface area contributed by atoms with Crippen LogP contribution >= 0.6 is 11.6 Å². The smallest absolute Gasteiger partial charge is 0.335 e.